The predicted octanol–water partition coefficient (Wildman–Crippen LogP) is 4.11. The molecule has 4 nitrogen and oxygen atoms in total. The Morgan fingerprint density at radius 2 is 2.00 bits per heavy atom. The van der Waals surface area contributed by atoms with Gasteiger partial charge in [-0.25, -0.2) is 0 Å². The van der Waals surface area contributed by atoms with Gasteiger partial charge in [0.1, 0.15) is 10.9 Å². The molecule has 5 heteroatoms. The monoisotopic (exact) mass is 273 g/mol. The molecular formula is C14H15N3OS. The standard InChI is InChI=1S/C14H15N3OS/c15-9-11-7-8-12(19-11)14-16-13(17-18-14)10-5-3-1-2-4-6-10/h7-8,10H,1-6H2. The minimum Gasteiger partial charge on any atom is -0.333 e. The summed E-state index contributed by atoms with van der Waals surface area (Å²) in [5.74, 6) is 1.82. The maximum Gasteiger partial charge on any atom is 0.268 e. The first-order valence-electron chi connectivity index (χ1n) is 6.71. The Hall–Kier alpha value is -1.67. The van der Waals surface area contributed by atoms with Gasteiger partial charge in [-0.1, -0.05) is 30.8 Å². The summed E-state index contributed by atoms with van der Waals surface area (Å²) in [5.41, 5.74) is 0. The van der Waals surface area contributed by atoms with Crippen molar-refractivity contribution in [1.29, 1.82) is 5.26 Å². The first-order chi connectivity index (χ1) is 9.36. The lowest BCUT2D eigenvalue weighted by molar-refractivity contribution is 0.410. The zero-order chi connectivity index (χ0) is 13.1. The first kappa shape index (κ1) is 12.4. The highest BCUT2D eigenvalue weighted by Crippen LogP contribution is 2.32. The van der Waals surface area contributed by atoms with Crippen LogP contribution in [-0.2, 0) is 0 Å². The molecule has 19 heavy (non-hydrogen) atoms. The van der Waals surface area contributed by atoms with Crippen LogP contribution in [0.25, 0.3) is 10.8 Å². The zero-order valence-electron chi connectivity index (χ0n) is 10.6. The van der Waals surface area contributed by atoms with Gasteiger partial charge in [0, 0.05) is 5.92 Å². The Labute approximate surface area is 116 Å². The molecule has 0 spiro atoms. The fourth-order valence-electron chi connectivity index (χ4n) is 2.55. The Morgan fingerprint density at radius 1 is 1.21 bits per heavy atom. The van der Waals surface area contributed by atoms with Crippen molar-refractivity contribution in [3.8, 4) is 16.8 Å². The minimum absolute atomic E-state index is 0.440. The summed E-state index contributed by atoms with van der Waals surface area (Å²) < 4.78 is 5.34. The minimum atomic E-state index is 0.440. The average molecular weight is 273 g/mol. The van der Waals surface area contributed by atoms with Gasteiger partial charge >= 0.3 is 0 Å². The maximum atomic E-state index is 8.83. The highest BCUT2D eigenvalue weighted by atomic mass is 32.1. The van der Waals surface area contributed by atoms with E-state index in [-0.39, 0.29) is 0 Å². The molecule has 1 aliphatic rings. The van der Waals surface area contributed by atoms with E-state index in [1.165, 1.54) is 37.0 Å². The van der Waals surface area contributed by atoms with Gasteiger partial charge in [-0.2, -0.15) is 10.2 Å². The van der Waals surface area contributed by atoms with Gasteiger partial charge in [-0.15, -0.1) is 11.3 Å². The van der Waals surface area contributed by atoms with Crippen LogP contribution in [0, 0.1) is 11.3 Å². The lowest BCUT2D eigenvalue weighted by Gasteiger charge is -2.07. The number of thiophene rings is 1. The second kappa shape index (κ2) is 5.54. The Bertz CT molecular complexity index is 588. The van der Waals surface area contributed by atoms with Gasteiger partial charge in [0.2, 0.25) is 0 Å². The molecule has 2 heterocycles. The van der Waals surface area contributed by atoms with E-state index in [1.807, 2.05) is 6.07 Å². The van der Waals surface area contributed by atoms with Crippen LogP contribution in [-0.4, -0.2) is 10.1 Å². The Kier molecular flexibility index (Phi) is 3.60. The van der Waals surface area contributed by atoms with E-state index in [9.17, 15) is 0 Å². The van der Waals surface area contributed by atoms with Crippen molar-refractivity contribution < 1.29 is 4.52 Å². The first-order valence-corrected chi connectivity index (χ1v) is 7.52. The summed E-state index contributed by atoms with van der Waals surface area (Å²) >= 11 is 1.39. The van der Waals surface area contributed by atoms with E-state index in [1.54, 1.807) is 6.07 Å². The number of nitrogens with zero attached hydrogens (tertiary/aromatic N) is 3. The largest absolute Gasteiger partial charge is 0.333 e. The Balaban J connectivity index is 1.80. The summed E-state index contributed by atoms with van der Waals surface area (Å²) in [5, 5.41) is 13.0. The number of rotatable bonds is 2. The number of aromatic nitrogens is 2. The molecule has 2 aromatic rings. The van der Waals surface area contributed by atoms with E-state index in [4.69, 9.17) is 9.78 Å². The maximum absolute atomic E-state index is 8.83. The van der Waals surface area contributed by atoms with Crippen molar-refractivity contribution in [2.45, 2.75) is 44.4 Å². The lowest BCUT2D eigenvalue weighted by atomic mass is 10.00. The summed E-state index contributed by atoms with van der Waals surface area (Å²) in [6, 6.07) is 5.78. The molecule has 1 aliphatic carbocycles. The molecule has 0 radical (unpaired) electrons. The van der Waals surface area contributed by atoms with E-state index in [0.717, 1.165) is 23.5 Å². The van der Waals surface area contributed by atoms with Gasteiger partial charge in [0.15, 0.2) is 5.82 Å². The lowest BCUT2D eigenvalue weighted by Crippen LogP contribution is -1.99. The van der Waals surface area contributed by atoms with Crippen molar-refractivity contribution >= 4 is 11.3 Å². The zero-order valence-corrected chi connectivity index (χ0v) is 11.4. The van der Waals surface area contributed by atoms with Crippen molar-refractivity contribution in [2.75, 3.05) is 0 Å². The quantitative estimate of drug-likeness (QED) is 0.772. The van der Waals surface area contributed by atoms with Crippen LogP contribution in [0.15, 0.2) is 16.7 Å². The molecular weight excluding hydrogens is 258 g/mol. The van der Waals surface area contributed by atoms with Crippen LogP contribution in [0.3, 0.4) is 0 Å². The van der Waals surface area contributed by atoms with Crippen LogP contribution in [0.2, 0.25) is 0 Å². The molecule has 0 amide bonds. The van der Waals surface area contributed by atoms with E-state index in [2.05, 4.69) is 16.2 Å². The molecule has 0 atom stereocenters. The highest BCUT2D eigenvalue weighted by molar-refractivity contribution is 7.15. The smallest absolute Gasteiger partial charge is 0.268 e. The molecule has 3 rings (SSSR count). The van der Waals surface area contributed by atoms with Crippen LogP contribution in [0.1, 0.15) is 55.1 Å². The molecule has 0 saturated heterocycles. The third-order valence-electron chi connectivity index (χ3n) is 3.59. The van der Waals surface area contributed by atoms with Crippen molar-refractivity contribution in [1.82, 2.24) is 10.1 Å². The van der Waals surface area contributed by atoms with Crippen molar-refractivity contribution in [3.63, 3.8) is 0 Å². The predicted molar refractivity (Wildman–Crippen MR) is 72.8 cm³/mol. The summed E-state index contributed by atoms with van der Waals surface area (Å²) in [6.07, 6.45) is 7.47. The van der Waals surface area contributed by atoms with Gasteiger partial charge in [0.05, 0.1) is 4.88 Å². The molecule has 98 valence electrons. The Morgan fingerprint density at radius 3 is 2.68 bits per heavy atom. The molecule has 0 aromatic carbocycles. The van der Waals surface area contributed by atoms with E-state index >= 15 is 0 Å². The third-order valence-corrected chi connectivity index (χ3v) is 4.57. The average Bonchev–Trinajstić information content (AvgIpc) is 3.02. The summed E-state index contributed by atoms with van der Waals surface area (Å²) in [6.45, 7) is 0. The molecule has 1 fully saturated rings. The fourth-order valence-corrected chi connectivity index (χ4v) is 3.28. The van der Waals surface area contributed by atoms with Crippen LogP contribution >= 0.6 is 11.3 Å². The number of nitriles is 1. The molecule has 0 aliphatic heterocycles. The fraction of sp³-hybridized carbons (Fsp3) is 0.500. The van der Waals surface area contributed by atoms with Gasteiger partial charge < -0.3 is 4.52 Å². The second-order valence-corrected chi connectivity index (χ2v) is 6.01. The number of hydrogen-bond acceptors (Lipinski definition) is 5. The topological polar surface area (TPSA) is 62.7 Å². The molecule has 0 N–H and O–H groups in total. The van der Waals surface area contributed by atoms with Crippen LogP contribution < -0.4 is 0 Å². The van der Waals surface area contributed by atoms with E-state index < -0.39 is 0 Å². The van der Waals surface area contributed by atoms with Crippen molar-refractivity contribution in [3.05, 3.63) is 22.8 Å². The van der Waals surface area contributed by atoms with Gasteiger partial charge in [-0.05, 0) is 25.0 Å². The highest BCUT2D eigenvalue weighted by Gasteiger charge is 2.20. The summed E-state index contributed by atoms with van der Waals surface area (Å²) in [4.78, 5) is 6.07. The van der Waals surface area contributed by atoms with Crippen LogP contribution in [0.5, 0.6) is 0 Å². The van der Waals surface area contributed by atoms with Gasteiger partial charge in [-0.3, -0.25) is 0 Å². The second-order valence-electron chi connectivity index (χ2n) is 4.92. The van der Waals surface area contributed by atoms with E-state index in [0.29, 0.717) is 16.7 Å². The normalized spacial score (nSPS) is 17.0. The summed E-state index contributed by atoms with van der Waals surface area (Å²) in [7, 11) is 0. The number of hydrogen-bond donors (Lipinski definition) is 0. The van der Waals surface area contributed by atoms with Crippen LogP contribution in [0.4, 0.5) is 0 Å². The SMILES string of the molecule is N#Cc1ccc(-c2nc(C3CCCCCC3)no2)s1. The van der Waals surface area contributed by atoms with Gasteiger partial charge in [0.25, 0.3) is 5.89 Å². The molecule has 0 bridgehead atoms. The third kappa shape index (κ3) is 2.69. The molecule has 0 unspecified atom stereocenters. The van der Waals surface area contributed by atoms with Crippen molar-refractivity contribution in [2.24, 2.45) is 0 Å². The molecule has 2 aromatic heterocycles. The molecule has 1 saturated carbocycles.